The van der Waals surface area contributed by atoms with Crippen molar-refractivity contribution in [2.75, 3.05) is 11.9 Å². The van der Waals surface area contributed by atoms with Crippen LogP contribution < -0.4 is 10.6 Å². The summed E-state index contributed by atoms with van der Waals surface area (Å²) in [5.74, 6) is -1.30. The van der Waals surface area contributed by atoms with Gasteiger partial charge in [0.15, 0.2) is 0 Å². The molecule has 4 rings (SSSR count). The van der Waals surface area contributed by atoms with Crippen LogP contribution in [-0.2, 0) is 11.3 Å². The smallest absolute Gasteiger partial charge is 0.354 e. The van der Waals surface area contributed by atoms with E-state index in [1.165, 1.54) is 4.90 Å². The molecule has 1 aliphatic heterocycles. The minimum Gasteiger partial charge on any atom is -0.354 e. The highest BCUT2D eigenvalue weighted by Gasteiger charge is 2.38. The summed E-state index contributed by atoms with van der Waals surface area (Å²) in [5, 5.41) is 12.0. The third-order valence-corrected chi connectivity index (χ3v) is 5.06. The quantitative estimate of drug-likeness (QED) is 0.575. The Bertz CT molecular complexity index is 1170. The number of aromatic nitrogens is 3. The molecular weight excluding hydrogens is 413 g/mol. The first kappa shape index (κ1) is 20.6. The lowest BCUT2D eigenvalue weighted by molar-refractivity contribution is -0.158. The molecular formula is C20H19F3N6O2. The van der Waals surface area contributed by atoms with E-state index >= 15 is 0 Å². The van der Waals surface area contributed by atoms with E-state index in [4.69, 9.17) is 0 Å². The molecule has 2 amide bonds. The Balaban J connectivity index is 1.51. The van der Waals surface area contributed by atoms with Gasteiger partial charge < -0.3 is 15.5 Å². The SMILES string of the molecule is Cc1[nH]nc2cc(Nc3cccc4c3C(=O)N(CC(=O)NC(C)C(F)(F)F)C4)cnc12. The molecule has 1 aromatic carbocycles. The van der Waals surface area contributed by atoms with Gasteiger partial charge in [-0.15, -0.1) is 0 Å². The molecule has 0 saturated carbocycles. The Morgan fingerprint density at radius 1 is 1.35 bits per heavy atom. The summed E-state index contributed by atoms with van der Waals surface area (Å²) >= 11 is 0. The predicted molar refractivity (Wildman–Crippen MR) is 107 cm³/mol. The molecule has 0 spiro atoms. The lowest BCUT2D eigenvalue weighted by Gasteiger charge is -2.20. The summed E-state index contributed by atoms with van der Waals surface area (Å²) in [7, 11) is 0. The number of carbonyl (C=O) groups excluding carboxylic acids is 2. The van der Waals surface area contributed by atoms with Gasteiger partial charge in [0.25, 0.3) is 5.91 Å². The average molecular weight is 432 g/mol. The molecule has 2 aromatic heterocycles. The number of aryl methyl sites for hydroxylation is 1. The van der Waals surface area contributed by atoms with Crippen LogP contribution in [0.1, 0.15) is 28.5 Å². The maximum atomic E-state index is 12.9. The zero-order valence-electron chi connectivity index (χ0n) is 16.7. The minimum atomic E-state index is -4.55. The van der Waals surface area contributed by atoms with Crippen molar-refractivity contribution in [2.24, 2.45) is 0 Å². The van der Waals surface area contributed by atoms with E-state index in [9.17, 15) is 22.8 Å². The van der Waals surface area contributed by atoms with Crippen LogP contribution in [0, 0.1) is 6.92 Å². The second-order valence-electron chi connectivity index (χ2n) is 7.40. The van der Waals surface area contributed by atoms with E-state index in [0.29, 0.717) is 28.0 Å². The van der Waals surface area contributed by atoms with Gasteiger partial charge in [0.05, 0.1) is 28.8 Å². The zero-order valence-corrected chi connectivity index (χ0v) is 16.7. The number of rotatable bonds is 5. The molecule has 31 heavy (non-hydrogen) atoms. The minimum absolute atomic E-state index is 0.132. The van der Waals surface area contributed by atoms with Gasteiger partial charge in [-0.3, -0.25) is 19.7 Å². The van der Waals surface area contributed by atoms with E-state index in [1.807, 2.05) is 12.2 Å². The highest BCUT2D eigenvalue weighted by molar-refractivity contribution is 6.05. The molecule has 8 nitrogen and oxygen atoms in total. The number of hydrogen-bond acceptors (Lipinski definition) is 5. The Kier molecular flexibility index (Phi) is 5.03. The second kappa shape index (κ2) is 7.56. The van der Waals surface area contributed by atoms with Crippen LogP contribution in [0.2, 0.25) is 0 Å². The van der Waals surface area contributed by atoms with Crippen molar-refractivity contribution in [3.63, 3.8) is 0 Å². The number of anilines is 2. The molecule has 162 valence electrons. The topological polar surface area (TPSA) is 103 Å². The second-order valence-corrected chi connectivity index (χ2v) is 7.40. The predicted octanol–water partition coefficient (Wildman–Crippen LogP) is 3.03. The van der Waals surface area contributed by atoms with E-state index in [1.54, 1.807) is 30.5 Å². The lowest BCUT2D eigenvalue weighted by atomic mass is 10.1. The molecule has 3 N–H and O–H groups in total. The Labute approximate surface area is 174 Å². The third-order valence-electron chi connectivity index (χ3n) is 5.06. The fraction of sp³-hybridized carbons (Fsp3) is 0.300. The number of hydrogen-bond donors (Lipinski definition) is 3. The number of aromatic amines is 1. The molecule has 0 radical (unpaired) electrons. The van der Waals surface area contributed by atoms with E-state index < -0.39 is 30.6 Å². The summed E-state index contributed by atoms with van der Waals surface area (Å²) < 4.78 is 38.0. The number of fused-ring (bicyclic) bond motifs is 2. The van der Waals surface area contributed by atoms with E-state index in [0.717, 1.165) is 18.1 Å². The van der Waals surface area contributed by atoms with Gasteiger partial charge in [0.1, 0.15) is 23.6 Å². The van der Waals surface area contributed by atoms with E-state index in [2.05, 4.69) is 20.5 Å². The number of alkyl halides is 3. The molecule has 11 heteroatoms. The largest absolute Gasteiger partial charge is 0.408 e. The van der Waals surface area contributed by atoms with Crippen LogP contribution in [0.25, 0.3) is 11.0 Å². The van der Waals surface area contributed by atoms with Gasteiger partial charge in [0.2, 0.25) is 5.91 Å². The number of nitrogens with zero attached hydrogens (tertiary/aromatic N) is 3. The summed E-state index contributed by atoms with van der Waals surface area (Å²) in [5.41, 5.74) is 4.43. The number of amides is 2. The van der Waals surface area contributed by atoms with E-state index in [-0.39, 0.29) is 6.54 Å². The molecule has 1 unspecified atom stereocenters. The third kappa shape index (κ3) is 4.03. The summed E-state index contributed by atoms with van der Waals surface area (Å²) in [6.07, 6.45) is -2.93. The first-order valence-electron chi connectivity index (χ1n) is 9.48. The van der Waals surface area contributed by atoms with Crippen LogP contribution in [0.3, 0.4) is 0 Å². The summed E-state index contributed by atoms with van der Waals surface area (Å²) in [6, 6.07) is 5.01. The highest BCUT2D eigenvalue weighted by Crippen LogP contribution is 2.31. The van der Waals surface area contributed by atoms with Crippen molar-refractivity contribution < 1.29 is 22.8 Å². The number of nitrogens with one attached hydrogen (secondary N) is 3. The fourth-order valence-electron chi connectivity index (χ4n) is 3.44. The van der Waals surface area contributed by atoms with Gasteiger partial charge in [-0.25, -0.2) is 0 Å². The average Bonchev–Trinajstić information content (AvgIpc) is 3.21. The summed E-state index contributed by atoms with van der Waals surface area (Å²) in [6.45, 7) is 2.38. The van der Waals surface area contributed by atoms with Crippen LogP contribution in [0.5, 0.6) is 0 Å². The normalized spacial score (nSPS) is 14.6. The monoisotopic (exact) mass is 432 g/mol. The van der Waals surface area contributed by atoms with Crippen molar-refractivity contribution >= 4 is 34.2 Å². The van der Waals surface area contributed by atoms with Gasteiger partial charge in [0, 0.05) is 6.54 Å². The van der Waals surface area contributed by atoms with Gasteiger partial charge >= 0.3 is 6.18 Å². The molecule has 3 aromatic rings. The summed E-state index contributed by atoms with van der Waals surface area (Å²) in [4.78, 5) is 30.5. The lowest BCUT2D eigenvalue weighted by Crippen LogP contribution is -2.47. The highest BCUT2D eigenvalue weighted by atomic mass is 19.4. The van der Waals surface area contributed by atoms with Crippen molar-refractivity contribution in [2.45, 2.75) is 32.6 Å². The first-order chi connectivity index (χ1) is 14.6. The Morgan fingerprint density at radius 3 is 2.87 bits per heavy atom. The standard InChI is InChI=1S/C20H19F3N6O2/c1-10-18-15(28-27-10)6-13(7-24-18)26-14-5-3-4-12-8-29(19(31)17(12)14)9-16(30)25-11(2)20(21,22)23/h3-7,11,26H,8-9H2,1-2H3,(H,25,30)(H,27,28). The number of halogens is 3. The van der Waals surface area contributed by atoms with Crippen molar-refractivity contribution in [1.82, 2.24) is 25.4 Å². The van der Waals surface area contributed by atoms with Crippen LogP contribution >= 0.6 is 0 Å². The van der Waals surface area contributed by atoms with Crippen LogP contribution in [0.15, 0.2) is 30.5 Å². The first-order valence-corrected chi connectivity index (χ1v) is 9.48. The number of carbonyl (C=O) groups is 2. The molecule has 0 saturated heterocycles. The Hall–Kier alpha value is -3.63. The van der Waals surface area contributed by atoms with Crippen molar-refractivity contribution in [1.29, 1.82) is 0 Å². The molecule has 3 heterocycles. The maximum Gasteiger partial charge on any atom is 0.408 e. The fourth-order valence-corrected chi connectivity index (χ4v) is 3.44. The number of pyridine rings is 1. The molecule has 0 aliphatic carbocycles. The van der Waals surface area contributed by atoms with Crippen molar-refractivity contribution in [3.05, 3.63) is 47.3 Å². The Morgan fingerprint density at radius 2 is 2.13 bits per heavy atom. The van der Waals surface area contributed by atoms with Gasteiger partial charge in [-0.2, -0.15) is 18.3 Å². The zero-order chi connectivity index (χ0) is 22.3. The number of H-pyrrole nitrogens is 1. The molecule has 0 bridgehead atoms. The molecule has 1 atom stereocenters. The maximum absolute atomic E-state index is 12.9. The van der Waals surface area contributed by atoms with Gasteiger partial charge in [-0.05, 0) is 31.5 Å². The van der Waals surface area contributed by atoms with Crippen molar-refractivity contribution in [3.8, 4) is 0 Å². The molecule has 0 fully saturated rings. The van der Waals surface area contributed by atoms with Crippen LogP contribution in [0.4, 0.5) is 24.5 Å². The van der Waals surface area contributed by atoms with Gasteiger partial charge in [-0.1, -0.05) is 12.1 Å². The number of benzene rings is 1. The van der Waals surface area contributed by atoms with Crippen LogP contribution in [-0.4, -0.2) is 50.7 Å². The molecule has 1 aliphatic rings.